The molecule has 0 heterocycles. The molecule has 1 atom stereocenters. The fourth-order valence-corrected chi connectivity index (χ4v) is 6.47. The predicted octanol–water partition coefficient (Wildman–Crippen LogP) is 5.93. The van der Waals surface area contributed by atoms with Crippen molar-refractivity contribution in [1.82, 2.24) is 10.2 Å². The Morgan fingerprint density at radius 1 is 0.837 bits per heavy atom. The molecule has 4 aromatic carbocycles. The van der Waals surface area contributed by atoms with Gasteiger partial charge in [0.2, 0.25) is 11.8 Å². The number of carbonyl (C=O) groups excluding carboxylic acids is 2. The minimum atomic E-state index is -4.15. The Morgan fingerprint density at radius 2 is 1.47 bits per heavy atom. The van der Waals surface area contributed by atoms with E-state index in [2.05, 4.69) is 5.32 Å². The zero-order valence-corrected chi connectivity index (χ0v) is 26.1. The van der Waals surface area contributed by atoms with E-state index >= 15 is 0 Å². The van der Waals surface area contributed by atoms with Crippen LogP contribution >= 0.6 is 11.6 Å². The average molecular weight is 618 g/mol. The molecule has 0 spiro atoms. The fraction of sp³-hybridized carbons (Fsp3) is 0.235. The number of anilines is 1. The van der Waals surface area contributed by atoms with Gasteiger partial charge in [-0.2, -0.15) is 0 Å². The highest BCUT2D eigenvalue weighted by atomic mass is 35.5. The molecular weight excluding hydrogens is 582 g/mol. The molecule has 4 rings (SSSR count). The second kappa shape index (κ2) is 14.4. The normalized spacial score (nSPS) is 11.9. The van der Waals surface area contributed by atoms with E-state index in [0.717, 1.165) is 21.0 Å². The van der Waals surface area contributed by atoms with Gasteiger partial charge in [-0.15, -0.1) is 0 Å². The van der Waals surface area contributed by atoms with Crippen molar-refractivity contribution in [2.75, 3.05) is 17.4 Å². The lowest BCUT2D eigenvalue weighted by Gasteiger charge is -2.34. The van der Waals surface area contributed by atoms with Crippen LogP contribution in [0.3, 0.4) is 0 Å². The number of nitrogens with zero attached hydrogens (tertiary/aromatic N) is 2. The van der Waals surface area contributed by atoms with Crippen LogP contribution in [-0.2, 0) is 32.6 Å². The number of aryl methyl sites for hydroxylation is 2. The van der Waals surface area contributed by atoms with Crippen LogP contribution in [0.1, 0.15) is 29.2 Å². The van der Waals surface area contributed by atoms with Gasteiger partial charge in [0.05, 0.1) is 10.6 Å². The summed E-state index contributed by atoms with van der Waals surface area (Å²) in [7, 11) is -4.15. The summed E-state index contributed by atoms with van der Waals surface area (Å²) < 4.78 is 29.4. The molecule has 0 saturated carbocycles. The number of rotatable bonds is 12. The van der Waals surface area contributed by atoms with Crippen molar-refractivity contribution in [3.8, 4) is 0 Å². The summed E-state index contributed by atoms with van der Waals surface area (Å²) in [5.74, 6) is -0.833. The third-order valence-corrected chi connectivity index (χ3v) is 9.16. The van der Waals surface area contributed by atoms with Gasteiger partial charge < -0.3 is 10.2 Å². The molecule has 0 aliphatic carbocycles. The third-order valence-electron chi connectivity index (χ3n) is 7.13. The summed E-state index contributed by atoms with van der Waals surface area (Å²) in [4.78, 5) is 29.5. The Bertz CT molecular complexity index is 1650. The largest absolute Gasteiger partial charge is 0.355 e. The number of likely N-dealkylation sites (N-methyl/N-ethyl adjacent to an activating group) is 1. The topological polar surface area (TPSA) is 86.8 Å². The van der Waals surface area contributed by atoms with Crippen LogP contribution in [0.2, 0.25) is 5.02 Å². The molecule has 0 fully saturated rings. The highest BCUT2D eigenvalue weighted by Crippen LogP contribution is 2.29. The van der Waals surface area contributed by atoms with Crippen LogP contribution in [0, 0.1) is 13.8 Å². The summed E-state index contributed by atoms with van der Waals surface area (Å²) in [5, 5.41) is 3.41. The number of carbonyl (C=O) groups is 2. The second-order valence-electron chi connectivity index (χ2n) is 10.4. The number of halogens is 1. The molecule has 7 nitrogen and oxygen atoms in total. The van der Waals surface area contributed by atoms with Crippen LogP contribution in [0.5, 0.6) is 0 Å². The third kappa shape index (κ3) is 8.03. The maximum Gasteiger partial charge on any atom is 0.264 e. The van der Waals surface area contributed by atoms with E-state index in [-0.39, 0.29) is 23.8 Å². The first kappa shape index (κ1) is 31.8. The molecule has 0 unspecified atom stereocenters. The Hall–Kier alpha value is -4.14. The number of hydrogen-bond acceptors (Lipinski definition) is 4. The van der Waals surface area contributed by atoms with Crippen LogP contribution in [-0.4, -0.2) is 44.3 Å². The summed E-state index contributed by atoms with van der Waals surface area (Å²) in [6.45, 7) is 5.46. The standard InChI is InChI=1S/C34H36ClN3O4S/c1-4-36-34(40)32(22-27-11-7-5-8-12-27)37(23-28-17-19-29(35)20-18-28)33(39)24-38(31-21-25(2)15-16-26(31)3)43(41,42)30-13-9-6-10-14-30/h5-21,32H,4,22-24H2,1-3H3,(H,36,40)/t32-/m0/s1. The Labute approximate surface area is 259 Å². The van der Waals surface area contributed by atoms with Crippen molar-refractivity contribution < 1.29 is 18.0 Å². The monoisotopic (exact) mass is 617 g/mol. The number of benzene rings is 4. The molecule has 0 radical (unpaired) electrons. The Kier molecular flexibility index (Phi) is 10.6. The van der Waals surface area contributed by atoms with E-state index in [0.29, 0.717) is 22.8 Å². The van der Waals surface area contributed by atoms with E-state index < -0.39 is 28.5 Å². The molecule has 4 aromatic rings. The van der Waals surface area contributed by atoms with E-state index in [1.165, 1.54) is 17.0 Å². The highest BCUT2D eigenvalue weighted by molar-refractivity contribution is 7.92. The Morgan fingerprint density at radius 3 is 2.09 bits per heavy atom. The van der Waals surface area contributed by atoms with Crippen LogP contribution < -0.4 is 9.62 Å². The lowest BCUT2D eigenvalue weighted by Crippen LogP contribution is -2.53. The predicted molar refractivity (Wildman–Crippen MR) is 172 cm³/mol. The SMILES string of the molecule is CCNC(=O)[C@H](Cc1ccccc1)N(Cc1ccc(Cl)cc1)C(=O)CN(c1cc(C)ccc1C)S(=O)(=O)c1ccccc1. The van der Waals surface area contributed by atoms with Crippen molar-refractivity contribution in [1.29, 1.82) is 0 Å². The highest BCUT2D eigenvalue weighted by Gasteiger charge is 2.35. The summed E-state index contributed by atoms with van der Waals surface area (Å²) in [5.41, 5.74) is 3.58. The molecule has 1 N–H and O–H groups in total. The summed E-state index contributed by atoms with van der Waals surface area (Å²) >= 11 is 6.13. The van der Waals surface area contributed by atoms with Crippen molar-refractivity contribution >= 4 is 39.1 Å². The first-order valence-corrected chi connectivity index (χ1v) is 15.9. The summed E-state index contributed by atoms with van der Waals surface area (Å²) in [6.07, 6.45) is 0.251. The maximum atomic E-state index is 14.4. The lowest BCUT2D eigenvalue weighted by atomic mass is 10.0. The average Bonchev–Trinajstić information content (AvgIpc) is 3.01. The molecule has 0 saturated heterocycles. The van der Waals surface area contributed by atoms with Gasteiger partial charge in [0.1, 0.15) is 12.6 Å². The van der Waals surface area contributed by atoms with Gasteiger partial charge in [-0.3, -0.25) is 13.9 Å². The van der Waals surface area contributed by atoms with Gasteiger partial charge in [0.15, 0.2) is 0 Å². The number of hydrogen-bond donors (Lipinski definition) is 1. The van der Waals surface area contributed by atoms with Crippen LogP contribution in [0.4, 0.5) is 5.69 Å². The van der Waals surface area contributed by atoms with Gasteiger partial charge in [0, 0.05) is 24.5 Å². The van der Waals surface area contributed by atoms with E-state index in [4.69, 9.17) is 11.6 Å². The maximum absolute atomic E-state index is 14.4. The summed E-state index contributed by atoms with van der Waals surface area (Å²) in [6, 6.07) is 29.1. The molecule has 0 bridgehead atoms. The molecule has 0 aliphatic heterocycles. The fourth-order valence-electron chi connectivity index (χ4n) is 4.85. The number of sulfonamides is 1. The quantitative estimate of drug-likeness (QED) is 0.214. The van der Waals surface area contributed by atoms with E-state index in [1.54, 1.807) is 48.5 Å². The van der Waals surface area contributed by atoms with E-state index in [9.17, 15) is 18.0 Å². The van der Waals surface area contributed by atoms with Gasteiger partial charge in [-0.05, 0) is 73.4 Å². The van der Waals surface area contributed by atoms with Gasteiger partial charge in [-0.25, -0.2) is 8.42 Å². The first-order chi connectivity index (χ1) is 20.6. The first-order valence-electron chi connectivity index (χ1n) is 14.1. The zero-order valence-electron chi connectivity index (χ0n) is 24.5. The Balaban J connectivity index is 1.81. The van der Waals surface area contributed by atoms with Crippen LogP contribution in [0.25, 0.3) is 0 Å². The second-order valence-corrected chi connectivity index (χ2v) is 12.7. The molecule has 0 aromatic heterocycles. The number of nitrogens with one attached hydrogen (secondary N) is 1. The van der Waals surface area contributed by atoms with Crippen molar-refractivity contribution in [3.63, 3.8) is 0 Å². The molecule has 224 valence electrons. The van der Waals surface area contributed by atoms with Crippen molar-refractivity contribution in [2.45, 2.75) is 44.7 Å². The van der Waals surface area contributed by atoms with Gasteiger partial charge in [0.25, 0.3) is 10.0 Å². The van der Waals surface area contributed by atoms with Gasteiger partial charge in [-0.1, -0.05) is 84.4 Å². The zero-order chi connectivity index (χ0) is 31.0. The van der Waals surface area contributed by atoms with E-state index in [1.807, 2.05) is 63.2 Å². The molecule has 43 heavy (non-hydrogen) atoms. The lowest BCUT2D eigenvalue weighted by molar-refractivity contribution is -0.140. The van der Waals surface area contributed by atoms with Crippen LogP contribution in [0.15, 0.2) is 108 Å². The molecule has 2 amide bonds. The van der Waals surface area contributed by atoms with Crippen molar-refractivity contribution in [2.24, 2.45) is 0 Å². The molecule has 0 aliphatic rings. The molecular formula is C34H36ClN3O4S. The van der Waals surface area contributed by atoms with Crippen molar-refractivity contribution in [3.05, 3.63) is 130 Å². The van der Waals surface area contributed by atoms with Gasteiger partial charge >= 0.3 is 0 Å². The smallest absolute Gasteiger partial charge is 0.264 e. The minimum Gasteiger partial charge on any atom is -0.355 e. The minimum absolute atomic E-state index is 0.0671. The molecule has 9 heteroatoms. The number of amides is 2.